The van der Waals surface area contributed by atoms with E-state index in [2.05, 4.69) is 121 Å². The average Bonchev–Trinajstić information content (AvgIpc) is 0.718. The van der Waals surface area contributed by atoms with Gasteiger partial charge in [0.05, 0.1) is 75.1 Å². The summed E-state index contributed by atoms with van der Waals surface area (Å²) in [5.41, 5.74) is 12.3. The lowest BCUT2D eigenvalue weighted by atomic mass is 9.75. The second kappa shape index (κ2) is 40.2. The van der Waals surface area contributed by atoms with Crippen molar-refractivity contribution in [3.8, 4) is 92.0 Å². The fourth-order valence-corrected chi connectivity index (χ4v) is 17.3. The predicted molar refractivity (Wildman–Crippen MR) is 466 cm³/mol. The maximum atomic E-state index is 12.3. The SMILES string of the molecule is O=Cc1ccccc1OCCCOc1c2c3cc4c1OCOc1c(cc5c(c1OCCCOc1ccccc1C=O)OCOc1c(cc6c(c1OCCCOc1ccccc1C=O)OCOc1c(cc(c(c1OCCCOc1ccccc1C=O)OCO2)C3CCc1ccccc1)C6CCc1ccccc1)C5CCc1ccccc1)C4CCc1ccccc1. The summed E-state index contributed by atoms with van der Waals surface area (Å²) in [6, 6.07) is 79.3. The molecule has 632 valence electrons. The number of benzene rings is 12. The summed E-state index contributed by atoms with van der Waals surface area (Å²) in [5, 5.41) is 0. The zero-order valence-corrected chi connectivity index (χ0v) is 68.8. The lowest BCUT2D eigenvalue weighted by Gasteiger charge is -2.37. The molecule has 20 nitrogen and oxygen atoms in total. The van der Waals surface area contributed by atoms with Gasteiger partial charge >= 0.3 is 0 Å². The topological polar surface area (TPSA) is 216 Å². The highest BCUT2D eigenvalue weighted by Gasteiger charge is 2.44. The van der Waals surface area contributed by atoms with E-state index < -0.39 is 23.7 Å². The molecule has 0 atom stereocenters. The van der Waals surface area contributed by atoms with Gasteiger partial charge in [-0.2, -0.15) is 0 Å². The first-order valence-corrected chi connectivity index (χ1v) is 42.6. The lowest BCUT2D eigenvalue weighted by Crippen LogP contribution is -2.25. The Morgan fingerprint density at radius 3 is 0.597 bits per heavy atom. The van der Waals surface area contributed by atoms with Gasteiger partial charge < -0.3 is 75.8 Å². The largest absolute Gasteiger partial charge is 0.493 e. The molecule has 4 aliphatic heterocycles. The summed E-state index contributed by atoms with van der Waals surface area (Å²) in [6.07, 6.45) is 8.85. The Bertz CT molecular complexity index is 4880. The van der Waals surface area contributed by atoms with Crippen molar-refractivity contribution in [3.63, 3.8) is 0 Å². The first-order valence-electron chi connectivity index (χ1n) is 42.6. The molecule has 5 aliphatic rings. The van der Waals surface area contributed by atoms with Crippen LogP contribution in [0.25, 0.3) is 0 Å². The van der Waals surface area contributed by atoms with Crippen LogP contribution in [0.4, 0.5) is 0 Å². The number of aryl methyl sites for hydroxylation is 4. The van der Waals surface area contributed by atoms with Gasteiger partial charge in [-0.25, -0.2) is 0 Å². The number of carbonyl (C=O) groups excluding carboxylic acids is 4. The number of ether oxygens (including phenoxy) is 16. The third-order valence-electron chi connectivity index (χ3n) is 23.2. The van der Waals surface area contributed by atoms with Crippen LogP contribution < -0.4 is 75.8 Å². The highest BCUT2D eigenvalue weighted by Crippen LogP contribution is 2.63. The summed E-state index contributed by atoms with van der Waals surface area (Å²) >= 11 is 0. The molecule has 17 rings (SSSR count). The molecule has 0 spiro atoms. The van der Waals surface area contributed by atoms with Gasteiger partial charge in [0, 0.05) is 93.9 Å². The summed E-state index contributed by atoms with van der Waals surface area (Å²) < 4.78 is 113. The van der Waals surface area contributed by atoms with Crippen molar-refractivity contribution in [1.82, 2.24) is 0 Å². The Hall–Kier alpha value is -13.9. The van der Waals surface area contributed by atoms with Crippen LogP contribution in [0.5, 0.6) is 92.0 Å². The van der Waals surface area contributed by atoms with E-state index in [1.165, 1.54) is 0 Å². The van der Waals surface area contributed by atoms with E-state index >= 15 is 0 Å². The number of hydrogen-bond acceptors (Lipinski definition) is 20. The van der Waals surface area contributed by atoms with Crippen molar-refractivity contribution >= 4 is 25.1 Å². The third-order valence-corrected chi connectivity index (χ3v) is 23.2. The van der Waals surface area contributed by atoms with Gasteiger partial charge in [-0.15, -0.1) is 0 Å². The second-order valence-electron chi connectivity index (χ2n) is 30.9. The van der Waals surface area contributed by atoms with Crippen LogP contribution in [-0.4, -0.2) is 105 Å². The molecule has 124 heavy (non-hydrogen) atoms. The molecule has 0 amide bonds. The Balaban J connectivity index is 0.936. The fraction of sp³-hybridized carbons (Fsp3) is 0.269. The predicted octanol–water partition coefficient (Wildman–Crippen LogP) is 20.6. The summed E-state index contributed by atoms with van der Waals surface area (Å²) in [4.78, 5) is 49.4. The molecule has 0 unspecified atom stereocenters. The highest BCUT2D eigenvalue weighted by atomic mass is 16.7. The molecule has 12 aromatic carbocycles. The van der Waals surface area contributed by atoms with Crippen LogP contribution in [0, 0.1) is 0 Å². The Labute approximate surface area is 720 Å². The molecule has 16 bridgehead atoms. The lowest BCUT2D eigenvalue weighted by molar-refractivity contribution is 0.0812. The third kappa shape index (κ3) is 18.6. The van der Waals surface area contributed by atoms with E-state index in [0.717, 1.165) is 91.9 Å². The second-order valence-corrected chi connectivity index (χ2v) is 30.9. The zero-order chi connectivity index (χ0) is 84.2. The number of aldehydes is 4. The Morgan fingerprint density at radius 2 is 0.403 bits per heavy atom. The molecule has 0 N–H and O–H groups in total. The highest BCUT2D eigenvalue weighted by molar-refractivity contribution is 5.81. The normalized spacial score (nSPS) is 15.3. The van der Waals surface area contributed by atoms with Crippen LogP contribution in [0.3, 0.4) is 0 Å². The summed E-state index contributed by atoms with van der Waals surface area (Å²) in [6.45, 7) is -0.231. The molecule has 12 aromatic rings. The first kappa shape index (κ1) is 82.4. The Morgan fingerprint density at radius 1 is 0.226 bits per heavy atom. The van der Waals surface area contributed by atoms with Crippen molar-refractivity contribution in [2.24, 2.45) is 0 Å². The number of carbonyl (C=O) groups is 4. The Kier molecular flexibility index (Phi) is 26.7. The number of hydrogen-bond donors (Lipinski definition) is 0. The van der Waals surface area contributed by atoms with E-state index in [-0.39, 0.29) is 80.0 Å². The minimum absolute atomic E-state index is 0.103. The maximum absolute atomic E-state index is 12.3. The smallest absolute Gasteiger partial charge is 0.231 e. The first-order chi connectivity index (χ1) is 61.4. The van der Waals surface area contributed by atoms with Gasteiger partial charge in [-0.05, 0) is 146 Å². The van der Waals surface area contributed by atoms with Gasteiger partial charge in [-0.3, -0.25) is 19.2 Å². The molecule has 20 heteroatoms. The van der Waals surface area contributed by atoms with E-state index in [4.69, 9.17) is 75.8 Å². The van der Waals surface area contributed by atoms with E-state index in [0.29, 0.717) is 191 Å². The molecule has 4 heterocycles. The molecule has 1 aliphatic carbocycles. The zero-order valence-electron chi connectivity index (χ0n) is 68.8. The molecule has 0 radical (unpaired) electrons. The van der Waals surface area contributed by atoms with E-state index in [1.54, 1.807) is 72.8 Å². The van der Waals surface area contributed by atoms with Gasteiger partial charge in [0.15, 0.2) is 71.1 Å². The minimum atomic E-state index is -0.609. The van der Waals surface area contributed by atoms with Crippen LogP contribution in [0.15, 0.2) is 243 Å². The van der Waals surface area contributed by atoms with Crippen molar-refractivity contribution in [1.29, 1.82) is 0 Å². The fourth-order valence-electron chi connectivity index (χ4n) is 17.3. The molecular formula is C104H96O20. The molecule has 0 fully saturated rings. The van der Waals surface area contributed by atoms with E-state index in [1.807, 2.05) is 48.5 Å². The molecular weight excluding hydrogens is 1570 g/mol. The van der Waals surface area contributed by atoms with Gasteiger partial charge in [-0.1, -0.05) is 170 Å². The monoisotopic (exact) mass is 1660 g/mol. The average molecular weight is 1670 g/mol. The van der Waals surface area contributed by atoms with Gasteiger partial charge in [0.25, 0.3) is 0 Å². The van der Waals surface area contributed by atoms with Gasteiger partial charge in [0.1, 0.15) is 23.0 Å². The van der Waals surface area contributed by atoms with Crippen molar-refractivity contribution < 1.29 is 95.0 Å². The van der Waals surface area contributed by atoms with Crippen LogP contribution in [0.1, 0.15) is 183 Å². The number of para-hydroxylation sites is 4. The minimum Gasteiger partial charge on any atom is -0.493 e. The summed E-state index contributed by atoms with van der Waals surface area (Å²) in [5.74, 6) is 3.81. The molecule has 0 aromatic heterocycles. The van der Waals surface area contributed by atoms with E-state index in [9.17, 15) is 19.2 Å². The number of rotatable bonds is 40. The van der Waals surface area contributed by atoms with Crippen molar-refractivity contribution in [2.75, 3.05) is 80.0 Å². The van der Waals surface area contributed by atoms with Crippen LogP contribution >= 0.6 is 0 Å². The van der Waals surface area contributed by atoms with Crippen LogP contribution in [-0.2, 0) is 25.7 Å². The maximum Gasteiger partial charge on any atom is 0.231 e. The molecule has 0 saturated heterocycles. The summed E-state index contributed by atoms with van der Waals surface area (Å²) in [7, 11) is 0. The van der Waals surface area contributed by atoms with Crippen molar-refractivity contribution in [2.45, 2.75) is 101 Å². The standard InChI is InChI=1S/C104H96O20/c105-61-73-33-13-17-37-89(73)109-49-21-53-113-101-93-81-57-83-78(46-42-70-27-7-2-8-28-70)85-59-87-80(48-44-72-31-11-4-12-32-72)88-60-86-79(47-43-71-29-9-3-10-30-71)84-58-82(77(81)45-41-69-25-5-1-6-26-69)94(118-65-117-93)102(114-54-22-50-110-90-38-18-14-34-74(90)62-106)96(84)120-67-122-98(86)104(116-56-24-52-112-92-40-20-16-36-76(92)64-108)100(88)124-68-123-99(87)103(97(85)121-66-119-95(83)101)115-55-23-51-111-91-39-19-15-35-75(91)63-107/h1-20,25-40,57-64,77-80H,21-24,41-56,65-68H2. The molecule has 0 saturated carbocycles. The van der Waals surface area contributed by atoms with Gasteiger partial charge in [0.2, 0.25) is 50.2 Å². The van der Waals surface area contributed by atoms with Crippen LogP contribution in [0.2, 0.25) is 0 Å². The quantitative estimate of drug-likeness (QED) is 0.0258. The van der Waals surface area contributed by atoms with Crippen molar-refractivity contribution in [3.05, 3.63) is 332 Å².